The lowest BCUT2D eigenvalue weighted by molar-refractivity contribution is -0.170. The van der Waals surface area contributed by atoms with Crippen LogP contribution in [-0.2, 0) is 19.1 Å². The van der Waals surface area contributed by atoms with Gasteiger partial charge in [0, 0.05) is 0 Å². The van der Waals surface area contributed by atoms with Crippen molar-refractivity contribution in [1.29, 1.82) is 0 Å². The minimum Gasteiger partial charge on any atom is -0.468 e. The maximum absolute atomic E-state index is 12.2. The lowest BCUT2D eigenvalue weighted by Gasteiger charge is -2.28. The highest BCUT2D eigenvalue weighted by molar-refractivity contribution is 5.99. The van der Waals surface area contributed by atoms with Crippen LogP contribution in [0, 0.1) is 5.41 Å². The van der Waals surface area contributed by atoms with Gasteiger partial charge in [-0.15, -0.1) is 0 Å². The smallest absolute Gasteiger partial charge is 0.323 e. The SMILES string of the molecule is CCCCCCC(CCCCCC)(C(=O)OC)C(=O)OC. The Kier molecular flexibility index (Phi) is 11.0. The zero-order valence-electron chi connectivity index (χ0n) is 14.2. The van der Waals surface area contributed by atoms with E-state index in [4.69, 9.17) is 9.47 Å². The molecule has 21 heavy (non-hydrogen) atoms. The molecule has 0 aliphatic rings. The molecule has 0 spiro atoms. The second-order valence-electron chi connectivity index (χ2n) is 5.69. The van der Waals surface area contributed by atoms with E-state index in [2.05, 4.69) is 13.8 Å². The van der Waals surface area contributed by atoms with E-state index >= 15 is 0 Å². The fourth-order valence-corrected chi connectivity index (χ4v) is 2.71. The number of rotatable bonds is 12. The molecular formula is C17H32O4. The topological polar surface area (TPSA) is 52.6 Å². The van der Waals surface area contributed by atoms with Gasteiger partial charge in [0.1, 0.15) is 0 Å². The van der Waals surface area contributed by atoms with Crippen LogP contribution in [0.25, 0.3) is 0 Å². The van der Waals surface area contributed by atoms with Crippen molar-refractivity contribution in [3.8, 4) is 0 Å². The summed E-state index contributed by atoms with van der Waals surface area (Å²) in [6.07, 6.45) is 9.30. The number of methoxy groups -OCH3 is 2. The van der Waals surface area contributed by atoms with Crippen molar-refractivity contribution >= 4 is 11.9 Å². The van der Waals surface area contributed by atoms with E-state index in [1.807, 2.05) is 0 Å². The van der Waals surface area contributed by atoms with Crippen molar-refractivity contribution in [3.63, 3.8) is 0 Å². The second kappa shape index (κ2) is 11.6. The maximum Gasteiger partial charge on any atom is 0.323 e. The molecule has 0 aromatic rings. The van der Waals surface area contributed by atoms with E-state index in [0.717, 1.165) is 51.4 Å². The molecule has 0 fully saturated rings. The lowest BCUT2D eigenvalue weighted by atomic mass is 9.77. The Bertz CT molecular complexity index is 269. The van der Waals surface area contributed by atoms with Crippen LogP contribution >= 0.6 is 0 Å². The molecular weight excluding hydrogens is 268 g/mol. The van der Waals surface area contributed by atoms with Crippen LogP contribution in [0.3, 0.4) is 0 Å². The Labute approximate surface area is 129 Å². The van der Waals surface area contributed by atoms with Crippen molar-refractivity contribution in [3.05, 3.63) is 0 Å². The Hall–Kier alpha value is -1.06. The molecule has 0 unspecified atom stereocenters. The number of hydrogen-bond acceptors (Lipinski definition) is 4. The van der Waals surface area contributed by atoms with Gasteiger partial charge in [-0.25, -0.2) is 0 Å². The fourth-order valence-electron chi connectivity index (χ4n) is 2.71. The molecule has 0 aromatic carbocycles. The standard InChI is InChI=1S/C17H32O4/c1-5-7-9-11-13-17(15(18)20-3,16(19)21-4)14-12-10-8-6-2/h5-14H2,1-4H3. The summed E-state index contributed by atoms with van der Waals surface area (Å²) in [6, 6.07) is 0. The Morgan fingerprint density at radius 2 is 1.10 bits per heavy atom. The Morgan fingerprint density at radius 3 is 1.38 bits per heavy atom. The van der Waals surface area contributed by atoms with Gasteiger partial charge in [-0.3, -0.25) is 9.59 Å². The number of hydrogen-bond donors (Lipinski definition) is 0. The largest absolute Gasteiger partial charge is 0.468 e. The van der Waals surface area contributed by atoms with E-state index in [0.29, 0.717) is 12.8 Å². The molecule has 0 aliphatic carbocycles. The van der Waals surface area contributed by atoms with Gasteiger partial charge in [0.25, 0.3) is 0 Å². The van der Waals surface area contributed by atoms with Crippen molar-refractivity contribution in [2.45, 2.75) is 78.1 Å². The summed E-state index contributed by atoms with van der Waals surface area (Å²) in [5, 5.41) is 0. The van der Waals surface area contributed by atoms with Crippen molar-refractivity contribution < 1.29 is 19.1 Å². The van der Waals surface area contributed by atoms with Crippen molar-refractivity contribution in [2.75, 3.05) is 14.2 Å². The highest BCUT2D eigenvalue weighted by atomic mass is 16.5. The average Bonchev–Trinajstić information content (AvgIpc) is 2.52. The van der Waals surface area contributed by atoms with Gasteiger partial charge in [0.2, 0.25) is 0 Å². The minimum atomic E-state index is -1.11. The summed E-state index contributed by atoms with van der Waals surface area (Å²) in [4.78, 5) is 24.5. The van der Waals surface area contributed by atoms with Crippen LogP contribution in [0.1, 0.15) is 78.1 Å². The van der Waals surface area contributed by atoms with E-state index in [9.17, 15) is 9.59 Å². The van der Waals surface area contributed by atoms with Gasteiger partial charge < -0.3 is 9.47 Å². The molecule has 0 saturated carbocycles. The summed E-state index contributed by atoms with van der Waals surface area (Å²) >= 11 is 0. The highest BCUT2D eigenvalue weighted by Crippen LogP contribution is 2.35. The van der Waals surface area contributed by atoms with Crippen LogP contribution in [0.5, 0.6) is 0 Å². The third kappa shape index (κ3) is 6.49. The van der Waals surface area contributed by atoms with Gasteiger partial charge in [0.05, 0.1) is 14.2 Å². The predicted molar refractivity (Wildman–Crippen MR) is 84.0 cm³/mol. The zero-order valence-corrected chi connectivity index (χ0v) is 14.2. The van der Waals surface area contributed by atoms with Crippen molar-refractivity contribution in [2.24, 2.45) is 5.41 Å². The summed E-state index contributed by atoms with van der Waals surface area (Å²) in [5.74, 6) is -0.885. The Morgan fingerprint density at radius 1 is 0.714 bits per heavy atom. The van der Waals surface area contributed by atoms with Crippen molar-refractivity contribution in [1.82, 2.24) is 0 Å². The lowest BCUT2D eigenvalue weighted by Crippen LogP contribution is -2.41. The maximum atomic E-state index is 12.2. The quantitative estimate of drug-likeness (QED) is 0.307. The van der Waals surface area contributed by atoms with Crippen LogP contribution in [0.4, 0.5) is 0 Å². The first-order chi connectivity index (χ1) is 10.1. The van der Waals surface area contributed by atoms with Gasteiger partial charge in [-0.2, -0.15) is 0 Å². The number of carbonyl (C=O) groups is 2. The number of unbranched alkanes of at least 4 members (excludes halogenated alkanes) is 6. The number of esters is 2. The third-order valence-corrected chi connectivity index (χ3v) is 4.07. The minimum absolute atomic E-state index is 0.442. The zero-order chi connectivity index (χ0) is 16.1. The molecule has 0 aromatic heterocycles. The molecule has 0 rings (SSSR count). The summed E-state index contributed by atoms with van der Waals surface area (Å²) in [6.45, 7) is 4.28. The molecule has 4 nitrogen and oxygen atoms in total. The van der Waals surface area contributed by atoms with E-state index < -0.39 is 17.4 Å². The summed E-state index contributed by atoms with van der Waals surface area (Å²) in [7, 11) is 2.69. The molecule has 124 valence electrons. The average molecular weight is 300 g/mol. The highest BCUT2D eigenvalue weighted by Gasteiger charge is 2.47. The van der Waals surface area contributed by atoms with Crippen LogP contribution in [0.2, 0.25) is 0 Å². The fraction of sp³-hybridized carbons (Fsp3) is 0.882. The van der Waals surface area contributed by atoms with Gasteiger partial charge in [0.15, 0.2) is 5.41 Å². The van der Waals surface area contributed by atoms with Gasteiger partial charge in [-0.1, -0.05) is 65.2 Å². The van der Waals surface area contributed by atoms with Gasteiger partial charge in [-0.05, 0) is 12.8 Å². The van der Waals surface area contributed by atoms with Crippen LogP contribution in [0.15, 0.2) is 0 Å². The molecule has 4 heteroatoms. The molecule has 0 N–H and O–H groups in total. The first-order valence-corrected chi connectivity index (χ1v) is 8.25. The Balaban J connectivity index is 4.86. The monoisotopic (exact) mass is 300 g/mol. The molecule has 0 saturated heterocycles. The normalized spacial score (nSPS) is 11.2. The molecule has 0 bridgehead atoms. The summed E-state index contributed by atoms with van der Waals surface area (Å²) in [5.41, 5.74) is -1.11. The summed E-state index contributed by atoms with van der Waals surface area (Å²) < 4.78 is 9.83. The van der Waals surface area contributed by atoms with Gasteiger partial charge >= 0.3 is 11.9 Å². The molecule has 0 amide bonds. The molecule has 0 atom stereocenters. The van der Waals surface area contributed by atoms with E-state index in [1.54, 1.807) is 0 Å². The van der Waals surface area contributed by atoms with Crippen LogP contribution in [-0.4, -0.2) is 26.2 Å². The first-order valence-electron chi connectivity index (χ1n) is 8.25. The number of carbonyl (C=O) groups excluding carboxylic acids is 2. The molecule has 0 aliphatic heterocycles. The van der Waals surface area contributed by atoms with E-state index in [-0.39, 0.29) is 0 Å². The first kappa shape index (κ1) is 19.9. The number of ether oxygens (including phenoxy) is 2. The third-order valence-electron chi connectivity index (χ3n) is 4.07. The molecule has 0 radical (unpaired) electrons. The predicted octanol–water partition coefficient (Wildman–Crippen LogP) is 4.26. The van der Waals surface area contributed by atoms with Crippen LogP contribution < -0.4 is 0 Å². The van der Waals surface area contributed by atoms with E-state index in [1.165, 1.54) is 14.2 Å². The molecule has 0 heterocycles. The second-order valence-corrected chi connectivity index (χ2v) is 5.69.